The first-order valence-corrected chi connectivity index (χ1v) is 4.35. The number of hydrogen-bond acceptors (Lipinski definition) is 5. The molecule has 0 amide bonds. The average molecular weight is 187 g/mol. The molecule has 0 saturated carbocycles. The van der Waals surface area contributed by atoms with Crippen molar-refractivity contribution in [2.45, 2.75) is 12.1 Å². The van der Waals surface area contributed by atoms with Crippen LogP contribution in [0.2, 0.25) is 0 Å². The third-order valence-electron chi connectivity index (χ3n) is 1.18. The van der Waals surface area contributed by atoms with Crippen molar-refractivity contribution in [3.63, 3.8) is 0 Å². The number of nitrogens with one attached hydrogen (secondary N) is 1. The Hall–Kier alpha value is -1.17. The molecule has 0 aromatic carbocycles. The van der Waals surface area contributed by atoms with E-state index in [0.717, 1.165) is 5.75 Å². The molecule has 0 spiro atoms. The lowest BCUT2D eigenvalue weighted by atomic mass is 10.5. The second-order valence-corrected chi connectivity index (χ2v) is 3.29. The second kappa shape index (κ2) is 3.48. The smallest absolute Gasteiger partial charge is 0.296 e. The number of nitrogens with zero attached hydrogens (tertiary/aromatic N) is 1. The third-order valence-corrected chi connectivity index (χ3v) is 1.94. The minimum Gasteiger partial charge on any atom is -0.500 e. The molecule has 0 radical (unpaired) electrons. The Bertz CT molecular complexity index is 336. The van der Waals surface area contributed by atoms with Gasteiger partial charge in [0.15, 0.2) is 11.0 Å². The number of nitrogens with two attached hydrogens (primary N) is 1. The standard InChI is InChI=1S/C6H9N3O2S/c1-2-12-6-8-4(7)3(10)5(11)9-6/h10H,2H2,1H3,(H3,7,8,9,11). The lowest BCUT2D eigenvalue weighted by Gasteiger charge is -1.99. The predicted octanol–water partition coefficient (Wildman–Crippen LogP) is 0.170. The zero-order valence-electron chi connectivity index (χ0n) is 6.50. The van der Waals surface area contributed by atoms with Crippen LogP contribution in [0.4, 0.5) is 5.82 Å². The largest absolute Gasteiger partial charge is 0.500 e. The number of aromatic hydroxyl groups is 1. The van der Waals surface area contributed by atoms with Crippen molar-refractivity contribution < 1.29 is 5.11 Å². The summed E-state index contributed by atoms with van der Waals surface area (Å²) in [5.74, 6) is 0.137. The molecule has 1 rings (SSSR count). The minimum atomic E-state index is -0.599. The van der Waals surface area contributed by atoms with Gasteiger partial charge in [-0.15, -0.1) is 0 Å². The van der Waals surface area contributed by atoms with Crippen molar-refractivity contribution >= 4 is 17.6 Å². The van der Waals surface area contributed by atoms with Crippen LogP contribution in [0.15, 0.2) is 9.95 Å². The molecule has 0 aliphatic carbocycles. The number of rotatable bonds is 2. The molecule has 1 aromatic heterocycles. The highest BCUT2D eigenvalue weighted by Crippen LogP contribution is 2.15. The molecule has 0 saturated heterocycles. The van der Waals surface area contributed by atoms with E-state index in [1.165, 1.54) is 11.8 Å². The number of anilines is 1. The van der Waals surface area contributed by atoms with Crippen LogP contribution in [0.5, 0.6) is 5.75 Å². The van der Waals surface area contributed by atoms with E-state index in [2.05, 4.69) is 9.97 Å². The first-order valence-electron chi connectivity index (χ1n) is 3.36. The summed E-state index contributed by atoms with van der Waals surface area (Å²) in [6, 6.07) is 0. The fourth-order valence-electron chi connectivity index (χ4n) is 0.668. The summed E-state index contributed by atoms with van der Waals surface area (Å²) >= 11 is 1.35. The normalized spacial score (nSPS) is 10.1. The van der Waals surface area contributed by atoms with E-state index in [0.29, 0.717) is 5.16 Å². The fraction of sp³-hybridized carbons (Fsp3) is 0.333. The molecule has 0 aliphatic rings. The van der Waals surface area contributed by atoms with E-state index in [9.17, 15) is 4.79 Å². The van der Waals surface area contributed by atoms with Gasteiger partial charge in [0.25, 0.3) is 5.56 Å². The van der Waals surface area contributed by atoms with Crippen LogP contribution in [-0.4, -0.2) is 20.8 Å². The molecule has 0 bridgehead atoms. The van der Waals surface area contributed by atoms with Crippen molar-refractivity contribution in [3.05, 3.63) is 10.4 Å². The first kappa shape index (κ1) is 8.92. The Kier molecular flexibility index (Phi) is 2.59. The second-order valence-electron chi connectivity index (χ2n) is 2.04. The molecule has 0 aliphatic heterocycles. The first-order chi connectivity index (χ1) is 5.65. The highest BCUT2D eigenvalue weighted by molar-refractivity contribution is 7.99. The van der Waals surface area contributed by atoms with Crippen LogP contribution >= 0.6 is 11.8 Å². The molecule has 0 unspecified atom stereocenters. The summed E-state index contributed by atoms with van der Waals surface area (Å²) < 4.78 is 0. The van der Waals surface area contributed by atoms with Crippen molar-refractivity contribution in [2.24, 2.45) is 0 Å². The quantitative estimate of drug-likeness (QED) is 0.453. The zero-order chi connectivity index (χ0) is 9.14. The van der Waals surface area contributed by atoms with Gasteiger partial charge in [0.1, 0.15) is 0 Å². The Morgan fingerprint density at radius 2 is 2.42 bits per heavy atom. The van der Waals surface area contributed by atoms with Crippen molar-refractivity contribution in [1.82, 2.24) is 9.97 Å². The maximum atomic E-state index is 10.9. The lowest BCUT2D eigenvalue weighted by Crippen LogP contribution is -2.11. The van der Waals surface area contributed by atoms with E-state index in [4.69, 9.17) is 10.8 Å². The topological polar surface area (TPSA) is 92.0 Å². The summed E-state index contributed by atoms with van der Waals surface area (Å²) in [7, 11) is 0. The number of aromatic amines is 1. The van der Waals surface area contributed by atoms with E-state index < -0.39 is 11.3 Å². The van der Waals surface area contributed by atoms with Crippen molar-refractivity contribution in [1.29, 1.82) is 0 Å². The van der Waals surface area contributed by atoms with Crippen molar-refractivity contribution in [2.75, 3.05) is 11.5 Å². The van der Waals surface area contributed by atoms with Gasteiger partial charge in [0, 0.05) is 0 Å². The fourth-order valence-corrected chi connectivity index (χ4v) is 1.27. The van der Waals surface area contributed by atoms with Gasteiger partial charge in [-0.2, -0.15) is 0 Å². The molecular weight excluding hydrogens is 178 g/mol. The summed E-state index contributed by atoms with van der Waals surface area (Å²) in [5, 5.41) is 9.39. The van der Waals surface area contributed by atoms with Gasteiger partial charge in [-0.3, -0.25) is 9.78 Å². The Morgan fingerprint density at radius 1 is 1.75 bits per heavy atom. The molecule has 4 N–H and O–H groups in total. The zero-order valence-corrected chi connectivity index (χ0v) is 7.31. The Balaban J connectivity index is 3.13. The Labute approximate surface area is 73.0 Å². The van der Waals surface area contributed by atoms with E-state index in [1.807, 2.05) is 6.92 Å². The highest BCUT2D eigenvalue weighted by atomic mass is 32.2. The summed E-state index contributed by atoms with van der Waals surface area (Å²) in [6.07, 6.45) is 0. The SMILES string of the molecule is CCSc1nc(N)c(O)c(=O)[nH]1. The van der Waals surface area contributed by atoms with E-state index in [1.54, 1.807) is 0 Å². The van der Waals surface area contributed by atoms with Gasteiger partial charge in [0.2, 0.25) is 5.75 Å². The van der Waals surface area contributed by atoms with Gasteiger partial charge in [0.05, 0.1) is 0 Å². The molecule has 1 heterocycles. The van der Waals surface area contributed by atoms with Crippen LogP contribution in [0, 0.1) is 0 Å². The highest BCUT2D eigenvalue weighted by Gasteiger charge is 2.05. The van der Waals surface area contributed by atoms with Crippen LogP contribution in [0.3, 0.4) is 0 Å². The summed E-state index contributed by atoms with van der Waals surface area (Å²) in [4.78, 5) is 17.0. The number of hydrogen-bond donors (Lipinski definition) is 3. The van der Waals surface area contributed by atoms with Gasteiger partial charge in [-0.05, 0) is 5.75 Å². The maximum absolute atomic E-state index is 10.9. The number of aromatic nitrogens is 2. The van der Waals surface area contributed by atoms with Gasteiger partial charge in [-0.25, -0.2) is 4.98 Å². The van der Waals surface area contributed by atoms with Crippen LogP contribution in [0.1, 0.15) is 6.92 Å². The molecular formula is C6H9N3O2S. The predicted molar refractivity (Wildman–Crippen MR) is 47.3 cm³/mol. The lowest BCUT2D eigenvalue weighted by molar-refractivity contribution is 0.464. The molecule has 6 heteroatoms. The molecule has 0 fully saturated rings. The van der Waals surface area contributed by atoms with Crippen LogP contribution in [-0.2, 0) is 0 Å². The molecule has 12 heavy (non-hydrogen) atoms. The minimum absolute atomic E-state index is 0.130. The van der Waals surface area contributed by atoms with E-state index >= 15 is 0 Å². The average Bonchev–Trinajstić information content (AvgIpc) is 2.01. The summed E-state index contributed by atoms with van der Waals surface area (Å²) in [6.45, 7) is 1.92. The number of H-pyrrole nitrogens is 1. The molecule has 1 aromatic rings. The van der Waals surface area contributed by atoms with Gasteiger partial charge >= 0.3 is 0 Å². The maximum Gasteiger partial charge on any atom is 0.296 e. The molecule has 0 atom stereocenters. The van der Waals surface area contributed by atoms with Crippen LogP contribution < -0.4 is 11.3 Å². The van der Waals surface area contributed by atoms with Gasteiger partial charge < -0.3 is 10.8 Å². The van der Waals surface area contributed by atoms with Crippen LogP contribution in [0.25, 0.3) is 0 Å². The monoisotopic (exact) mass is 187 g/mol. The van der Waals surface area contributed by atoms with Crippen molar-refractivity contribution in [3.8, 4) is 5.75 Å². The number of thioether (sulfide) groups is 1. The summed E-state index contributed by atoms with van der Waals surface area (Å²) in [5.41, 5.74) is 4.66. The van der Waals surface area contributed by atoms with E-state index in [-0.39, 0.29) is 5.82 Å². The Morgan fingerprint density at radius 3 is 2.92 bits per heavy atom. The number of nitrogen functional groups attached to an aromatic ring is 1. The molecule has 66 valence electrons. The third kappa shape index (κ3) is 1.70. The molecule has 5 nitrogen and oxygen atoms in total. The van der Waals surface area contributed by atoms with Gasteiger partial charge in [-0.1, -0.05) is 18.7 Å².